The molecule has 1 aromatic carbocycles. The number of hydrogen-bond acceptors (Lipinski definition) is 3. The molecule has 1 N–H and O–H groups in total. The molecule has 23 heavy (non-hydrogen) atoms. The van der Waals surface area contributed by atoms with Crippen molar-refractivity contribution in [3.8, 4) is 0 Å². The van der Waals surface area contributed by atoms with E-state index < -0.39 is 26.7 Å². The summed E-state index contributed by atoms with van der Waals surface area (Å²) < 4.78 is 65.7. The zero-order valence-corrected chi connectivity index (χ0v) is 13.8. The molecule has 2 heterocycles. The van der Waals surface area contributed by atoms with Crippen LogP contribution in [0.15, 0.2) is 29.2 Å². The number of sulfonamides is 1. The quantitative estimate of drug-likeness (QED) is 0.869. The SMILES string of the molecule is Cl.O=S(=O)(c1ccccc1C(F)(F)F)N1CCC2CNCC2C1. The van der Waals surface area contributed by atoms with Crippen molar-refractivity contribution in [3.05, 3.63) is 29.8 Å². The Labute approximate surface area is 139 Å². The minimum Gasteiger partial charge on any atom is -0.316 e. The van der Waals surface area contributed by atoms with Crippen LogP contribution in [0.3, 0.4) is 0 Å². The summed E-state index contributed by atoms with van der Waals surface area (Å²) in [6, 6.07) is 4.38. The van der Waals surface area contributed by atoms with Crippen molar-refractivity contribution in [2.45, 2.75) is 17.5 Å². The van der Waals surface area contributed by atoms with Gasteiger partial charge in [-0.15, -0.1) is 12.4 Å². The Morgan fingerprint density at radius 3 is 2.48 bits per heavy atom. The van der Waals surface area contributed by atoms with Gasteiger partial charge in [-0.2, -0.15) is 17.5 Å². The lowest BCUT2D eigenvalue weighted by Gasteiger charge is -2.34. The van der Waals surface area contributed by atoms with E-state index >= 15 is 0 Å². The van der Waals surface area contributed by atoms with E-state index in [2.05, 4.69) is 5.32 Å². The van der Waals surface area contributed by atoms with Crippen molar-refractivity contribution in [1.82, 2.24) is 9.62 Å². The molecule has 2 unspecified atom stereocenters. The first-order valence-corrected chi connectivity index (χ1v) is 8.61. The molecule has 0 amide bonds. The summed E-state index contributed by atoms with van der Waals surface area (Å²) in [5.74, 6) is 0.603. The van der Waals surface area contributed by atoms with E-state index in [4.69, 9.17) is 0 Å². The van der Waals surface area contributed by atoms with E-state index in [-0.39, 0.29) is 31.4 Å². The number of nitrogens with zero attached hydrogens (tertiary/aromatic N) is 1. The van der Waals surface area contributed by atoms with Crippen molar-refractivity contribution in [2.75, 3.05) is 26.2 Å². The van der Waals surface area contributed by atoms with Crippen LogP contribution in [0.4, 0.5) is 13.2 Å². The van der Waals surface area contributed by atoms with Crippen molar-refractivity contribution in [1.29, 1.82) is 0 Å². The second-order valence-corrected chi connectivity index (χ2v) is 7.73. The van der Waals surface area contributed by atoms with Crippen LogP contribution in [0.5, 0.6) is 0 Å². The lowest BCUT2D eigenvalue weighted by molar-refractivity contribution is -0.139. The number of benzene rings is 1. The van der Waals surface area contributed by atoms with Crippen LogP contribution < -0.4 is 5.32 Å². The predicted molar refractivity (Wildman–Crippen MR) is 81.9 cm³/mol. The molecule has 4 nitrogen and oxygen atoms in total. The minimum absolute atomic E-state index is 0. The van der Waals surface area contributed by atoms with Crippen LogP contribution in [-0.2, 0) is 16.2 Å². The molecule has 2 fully saturated rings. The number of alkyl halides is 3. The summed E-state index contributed by atoms with van der Waals surface area (Å²) in [5.41, 5.74) is -1.10. The van der Waals surface area contributed by atoms with Crippen molar-refractivity contribution in [2.24, 2.45) is 11.8 Å². The van der Waals surface area contributed by atoms with Gasteiger partial charge in [0.15, 0.2) is 0 Å². The molecular weight excluding hydrogens is 353 g/mol. The Hall–Kier alpha value is -0.830. The Balaban J connectivity index is 0.00000192. The van der Waals surface area contributed by atoms with Crippen molar-refractivity contribution < 1.29 is 21.6 Å². The molecule has 3 rings (SSSR count). The van der Waals surface area contributed by atoms with Crippen LogP contribution in [0, 0.1) is 11.8 Å². The average molecular weight is 371 g/mol. The molecule has 0 spiro atoms. The van der Waals surface area contributed by atoms with Gasteiger partial charge in [0.2, 0.25) is 10.0 Å². The van der Waals surface area contributed by atoms with Crippen LogP contribution in [0.25, 0.3) is 0 Å². The fraction of sp³-hybridized carbons (Fsp3) is 0.571. The first-order chi connectivity index (χ1) is 10.3. The Morgan fingerprint density at radius 1 is 1.13 bits per heavy atom. The molecule has 2 aliphatic rings. The summed E-state index contributed by atoms with van der Waals surface area (Å²) in [6.45, 7) is 2.14. The van der Waals surface area contributed by atoms with Gasteiger partial charge in [-0.25, -0.2) is 8.42 Å². The topological polar surface area (TPSA) is 49.4 Å². The van der Waals surface area contributed by atoms with Crippen LogP contribution in [0.2, 0.25) is 0 Å². The molecule has 130 valence electrons. The van der Waals surface area contributed by atoms with E-state index in [1.807, 2.05) is 0 Å². The maximum absolute atomic E-state index is 13.1. The molecule has 2 saturated heterocycles. The molecule has 0 aliphatic carbocycles. The zero-order chi connectivity index (χ0) is 16.0. The molecule has 0 saturated carbocycles. The Kier molecular flexibility index (Phi) is 5.30. The third kappa shape index (κ3) is 3.50. The summed E-state index contributed by atoms with van der Waals surface area (Å²) in [6.07, 6.45) is -4.00. The summed E-state index contributed by atoms with van der Waals surface area (Å²) >= 11 is 0. The summed E-state index contributed by atoms with van der Waals surface area (Å²) in [5, 5.41) is 3.21. The maximum atomic E-state index is 13.1. The van der Waals surface area contributed by atoms with Crippen LogP contribution in [0.1, 0.15) is 12.0 Å². The standard InChI is InChI=1S/C14H17F3N2O2S.ClH/c15-14(16,17)12-3-1-2-4-13(12)22(20,21)19-6-5-10-7-18-8-11(10)9-19;/h1-4,10-11,18H,5-9H2;1H. The molecule has 2 aliphatic heterocycles. The smallest absolute Gasteiger partial charge is 0.316 e. The molecule has 1 aromatic rings. The third-order valence-electron chi connectivity index (χ3n) is 4.48. The number of piperidine rings is 1. The predicted octanol–water partition coefficient (Wildman–Crippen LogP) is 2.36. The highest BCUT2D eigenvalue weighted by Crippen LogP contribution is 2.37. The largest absolute Gasteiger partial charge is 0.417 e. The molecule has 0 radical (unpaired) electrons. The highest BCUT2D eigenvalue weighted by molar-refractivity contribution is 7.89. The molecule has 2 atom stereocenters. The summed E-state index contributed by atoms with van der Waals surface area (Å²) in [4.78, 5) is -0.646. The van der Waals surface area contributed by atoms with E-state index in [9.17, 15) is 21.6 Å². The van der Waals surface area contributed by atoms with Gasteiger partial charge in [0.25, 0.3) is 0 Å². The normalized spacial score (nSPS) is 25.7. The number of rotatable bonds is 2. The maximum Gasteiger partial charge on any atom is 0.417 e. The monoisotopic (exact) mass is 370 g/mol. The second kappa shape index (κ2) is 6.58. The average Bonchev–Trinajstić information content (AvgIpc) is 2.93. The number of nitrogens with one attached hydrogen (secondary N) is 1. The number of hydrogen-bond donors (Lipinski definition) is 1. The van der Waals surface area contributed by atoms with Gasteiger partial charge in [-0.05, 0) is 43.5 Å². The Morgan fingerprint density at radius 2 is 1.78 bits per heavy atom. The van der Waals surface area contributed by atoms with Crippen LogP contribution >= 0.6 is 12.4 Å². The first kappa shape index (κ1) is 18.5. The fourth-order valence-electron chi connectivity index (χ4n) is 3.28. The number of fused-ring (bicyclic) bond motifs is 1. The van der Waals surface area contributed by atoms with Gasteiger partial charge >= 0.3 is 6.18 Å². The van der Waals surface area contributed by atoms with E-state index in [0.717, 1.165) is 25.2 Å². The zero-order valence-electron chi connectivity index (χ0n) is 12.2. The van der Waals surface area contributed by atoms with Gasteiger partial charge in [0.05, 0.1) is 10.5 Å². The minimum atomic E-state index is -4.68. The van der Waals surface area contributed by atoms with Crippen molar-refractivity contribution >= 4 is 22.4 Å². The highest BCUT2D eigenvalue weighted by Gasteiger charge is 2.42. The van der Waals surface area contributed by atoms with E-state index in [1.54, 1.807) is 0 Å². The fourth-order valence-corrected chi connectivity index (χ4v) is 5.01. The molecule has 9 heteroatoms. The molecule has 0 aromatic heterocycles. The van der Waals surface area contributed by atoms with E-state index in [0.29, 0.717) is 12.3 Å². The lowest BCUT2D eigenvalue weighted by Crippen LogP contribution is -2.43. The van der Waals surface area contributed by atoms with Gasteiger partial charge < -0.3 is 5.32 Å². The number of halogens is 4. The third-order valence-corrected chi connectivity index (χ3v) is 6.40. The van der Waals surface area contributed by atoms with Crippen LogP contribution in [-0.4, -0.2) is 38.9 Å². The van der Waals surface area contributed by atoms with Gasteiger partial charge in [-0.1, -0.05) is 12.1 Å². The molecular formula is C14H18ClF3N2O2S. The lowest BCUT2D eigenvalue weighted by atomic mass is 9.90. The highest BCUT2D eigenvalue weighted by atomic mass is 35.5. The van der Waals surface area contributed by atoms with Gasteiger partial charge in [0.1, 0.15) is 0 Å². The Bertz CT molecular complexity index is 666. The van der Waals surface area contributed by atoms with E-state index in [1.165, 1.54) is 16.4 Å². The van der Waals surface area contributed by atoms with Crippen molar-refractivity contribution in [3.63, 3.8) is 0 Å². The first-order valence-electron chi connectivity index (χ1n) is 7.17. The van der Waals surface area contributed by atoms with Gasteiger partial charge in [0, 0.05) is 13.1 Å². The molecule has 0 bridgehead atoms. The summed E-state index contributed by atoms with van der Waals surface area (Å²) in [7, 11) is -4.13. The van der Waals surface area contributed by atoms with Gasteiger partial charge in [-0.3, -0.25) is 0 Å². The second-order valence-electron chi connectivity index (χ2n) is 5.82.